The van der Waals surface area contributed by atoms with Gasteiger partial charge in [-0.25, -0.2) is 0 Å². The Labute approximate surface area is 74.8 Å². The van der Waals surface area contributed by atoms with Crippen LogP contribution in [-0.2, 0) is 13.1 Å². The molecule has 12 heavy (non-hydrogen) atoms. The lowest BCUT2D eigenvalue weighted by atomic mass is 10.1. The number of fused-ring (bicyclic) bond motifs is 1. The quantitative estimate of drug-likeness (QED) is 0.620. The number of nitrogens with one attached hydrogen (secondary N) is 1. The Morgan fingerprint density at radius 3 is 1.92 bits per heavy atom. The van der Waals surface area contributed by atoms with E-state index < -0.39 is 0 Å². The molecule has 66 valence electrons. The molecule has 1 nitrogen and oxygen atoms in total. The standard InChI is InChI=1S/C8H9N.C3H8/c1-2-4-8-6-9-5-7(8)3-1;1-3-2/h1-4,9H,5-6H2;3H2,1-2H3. The summed E-state index contributed by atoms with van der Waals surface area (Å²) < 4.78 is 0. The van der Waals surface area contributed by atoms with Crippen molar-refractivity contribution in [2.24, 2.45) is 0 Å². The Morgan fingerprint density at radius 2 is 1.50 bits per heavy atom. The van der Waals surface area contributed by atoms with Gasteiger partial charge >= 0.3 is 0 Å². The summed E-state index contributed by atoms with van der Waals surface area (Å²) in [7, 11) is 0. The molecule has 0 unspecified atom stereocenters. The van der Waals surface area contributed by atoms with E-state index in [1.165, 1.54) is 17.5 Å². The summed E-state index contributed by atoms with van der Waals surface area (Å²) in [5.41, 5.74) is 2.91. The third-order valence-corrected chi connectivity index (χ3v) is 1.75. The van der Waals surface area contributed by atoms with E-state index in [4.69, 9.17) is 0 Å². The van der Waals surface area contributed by atoms with Gasteiger partial charge in [0, 0.05) is 13.1 Å². The molecule has 0 spiro atoms. The van der Waals surface area contributed by atoms with E-state index >= 15 is 0 Å². The smallest absolute Gasteiger partial charge is 0.0211 e. The molecule has 0 bridgehead atoms. The van der Waals surface area contributed by atoms with Gasteiger partial charge in [0.15, 0.2) is 0 Å². The third kappa shape index (κ3) is 2.35. The second kappa shape index (κ2) is 4.94. The minimum atomic E-state index is 1.05. The van der Waals surface area contributed by atoms with Crippen molar-refractivity contribution in [3.8, 4) is 0 Å². The fourth-order valence-corrected chi connectivity index (χ4v) is 1.23. The van der Waals surface area contributed by atoms with Crippen LogP contribution in [0.1, 0.15) is 31.4 Å². The summed E-state index contributed by atoms with van der Waals surface area (Å²) in [5, 5.41) is 3.29. The van der Waals surface area contributed by atoms with Gasteiger partial charge in [0.25, 0.3) is 0 Å². The normalized spacial score (nSPS) is 13.2. The minimum Gasteiger partial charge on any atom is -0.309 e. The maximum atomic E-state index is 3.29. The zero-order valence-corrected chi connectivity index (χ0v) is 7.93. The predicted octanol–water partition coefficient (Wildman–Crippen LogP) is 2.71. The third-order valence-electron chi connectivity index (χ3n) is 1.75. The van der Waals surface area contributed by atoms with Crippen LogP contribution in [0.15, 0.2) is 24.3 Å². The molecular formula is C11H17N. The molecule has 1 N–H and O–H groups in total. The Kier molecular flexibility index (Phi) is 3.81. The number of hydrogen-bond donors (Lipinski definition) is 1. The second-order valence-electron chi connectivity index (χ2n) is 3.08. The zero-order valence-electron chi connectivity index (χ0n) is 7.93. The molecule has 0 saturated heterocycles. The van der Waals surface area contributed by atoms with Crippen molar-refractivity contribution in [1.82, 2.24) is 5.32 Å². The van der Waals surface area contributed by atoms with Crippen molar-refractivity contribution in [2.45, 2.75) is 33.4 Å². The summed E-state index contributed by atoms with van der Waals surface area (Å²) in [6.07, 6.45) is 1.25. The Bertz CT molecular complexity index is 207. The van der Waals surface area contributed by atoms with Crippen molar-refractivity contribution >= 4 is 0 Å². The number of benzene rings is 1. The van der Waals surface area contributed by atoms with Gasteiger partial charge < -0.3 is 5.32 Å². The van der Waals surface area contributed by atoms with Crippen LogP contribution in [0.3, 0.4) is 0 Å². The van der Waals surface area contributed by atoms with Crippen molar-refractivity contribution in [3.63, 3.8) is 0 Å². The molecule has 0 aliphatic carbocycles. The fourth-order valence-electron chi connectivity index (χ4n) is 1.23. The van der Waals surface area contributed by atoms with Crippen molar-refractivity contribution < 1.29 is 0 Å². The van der Waals surface area contributed by atoms with Crippen molar-refractivity contribution in [3.05, 3.63) is 35.4 Å². The summed E-state index contributed by atoms with van der Waals surface area (Å²) in [5.74, 6) is 0. The molecule has 1 aliphatic heterocycles. The maximum Gasteiger partial charge on any atom is 0.0211 e. The fraction of sp³-hybridized carbons (Fsp3) is 0.455. The van der Waals surface area contributed by atoms with Crippen LogP contribution in [0.4, 0.5) is 0 Å². The average molecular weight is 163 g/mol. The van der Waals surface area contributed by atoms with Crippen LogP contribution >= 0.6 is 0 Å². The van der Waals surface area contributed by atoms with Gasteiger partial charge in [0.1, 0.15) is 0 Å². The van der Waals surface area contributed by atoms with Crippen LogP contribution in [0, 0.1) is 0 Å². The minimum absolute atomic E-state index is 1.05. The molecule has 0 aromatic heterocycles. The van der Waals surface area contributed by atoms with E-state index in [1.54, 1.807) is 0 Å². The Balaban J connectivity index is 0.000000213. The number of hydrogen-bond acceptors (Lipinski definition) is 1. The van der Waals surface area contributed by atoms with E-state index in [-0.39, 0.29) is 0 Å². The lowest BCUT2D eigenvalue weighted by Gasteiger charge is -1.91. The SMILES string of the molecule is CCC.c1ccc2c(c1)CNC2. The van der Waals surface area contributed by atoms with E-state index in [9.17, 15) is 0 Å². The monoisotopic (exact) mass is 163 g/mol. The summed E-state index contributed by atoms with van der Waals surface area (Å²) in [4.78, 5) is 0. The highest BCUT2D eigenvalue weighted by atomic mass is 14.9. The van der Waals surface area contributed by atoms with Crippen LogP contribution in [-0.4, -0.2) is 0 Å². The summed E-state index contributed by atoms with van der Waals surface area (Å²) in [6, 6.07) is 8.53. The first-order chi connectivity index (χ1) is 5.88. The van der Waals surface area contributed by atoms with E-state index in [1.807, 2.05) is 0 Å². The molecule has 0 radical (unpaired) electrons. The predicted molar refractivity (Wildman–Crippen MR) is 53.0 cm³/mol. The highest BCUT2D eigenvalue weighted by molar-refractivity contribution is 5.29. The van der Waals surface area contributed by atoms with Gasteiger partial charge in [0.05, 0.1) is 0 Å². The van der Waals surface area contributed by atoms with E-state index in [0.717, 1.165) is 13.1 Å². The molecule has 1 heteroatoms. The van der Waals surface area contributed by atoms with Crippen LogP contribution in [0.25, 0.3) is 0 Å². The summed E-state index contributed by atoms with van der Waals surface area (Å²) >= 11 is 0. The van der Waals surface area contributed by atoms with Crippen LogP contribution in [0.2, 0.25) is 0 Å². The summed E-state index contributed by atoms with van der Waals surface area (Å²) in [6.45, 7) is 6.35. The lowest BCUT2D eigenvalue weighted by molar-refractivity contribution is 0.765. The Morgan fingerprint density at radius 1 is 1.08 bits per heavy atom. The zero-order chi connectivity index (χ0) is 8.81. The van der Waals surface area contributed by atoms with Crippen molar-refractivity contribution in [1.29, 1.82) is 0 Å². The topological polar surface area (TPSA) is 12.0 Å². The first-order valence-corrected chi connectivity index (χ1v) is 4.66. The van der Waals surface area contributed by atoms with Crippen molar-refractivity contribution in [2.75, 3.05) is 0 Å². The molecule has 1 aromatic rings. The molecule has 2 rings (SSSR count). The molecule has 0 amide bonds. The molecule has 1 heterocycles. The van der Waals surface area contributed by atoms with Gasteiger partial charge in [-0.3, -0.25) is 0 Å². The van der Waals surface area contributed by atoms with Gasteiger partial charge in [-0.1, -0.05) is 44.5 Å². The van der Waals surface area contributed by atoms with Gasteiger partial charge in [-0.2, -0.15) is 0 Å². The second-order valence-corrected chi connectivity index (χ2v) is 3.08. The van der Waals surface area contributed by atoms with E-state index in [0.29, 0.717) is 0 Å². The average Bonchev–Trinajstić information content (AvgIpc) is 2.52. The van der Waals surface area contributed by atoms with Gasteiger partial charge in [0.2, 0.25) is 0 Å². The number of rotatable bonds is 0. The first-order valence-electron chi connectivity index (χ1n) is 4.66. The largest absolute Gasteiger partial charge is 0.309 e. The maximum absolute atomic E-state index is 3.29. The first kappa shape index (κ1) is 9.27. The van der Waals surface area contributed by atoms with Gasteiger partial charge in [-0.15, -0.1) is 0 Å². The highest BCUT2D eigenvalue weighted by Crippen LogP contribution is 2.12. The Hall–Kier alpha value is -0.820. The molecule has 0 saturated carbocycles. The van der Waals surface area contributed by atoms with Crippen LogP contribution < -0.4 is 5.32 Å². The molecule has 0 atom stereocenters. The highest BCUT2D eigenvalue weighted by Gasteiger charge is 2.06. The molecule has 0 fully saturated rings. The van der Waals surface area contributed by atoms with Gasteiger partial charge in [-0.05, 0) is 11.1 Å². The molecule has 1 aromatic carbocycles. The van der Waals surface area contributed by atoms with E-state index in [2.05, 4.69) is 43.4 Å². The van der Waals surface area contributed by atoms with Crippen LogP contribution in [0.5, 0.6) is 0 Å². The lowest BCUT2D eigenvalue weighted by Crippen LogP contribution is -1.99. The molecule has 1 aliphatic rings. The molecular weight excluding hydrogens is 146 g/mol.